The van der Waals surface area contributed by atoms with Crippen molar-refractivity contribution >= 4 is 79.0 Å². The molecule has 0 saturated carbocycles. The molecule has 4 N–H and O–H groups in total. The Bertz CT molecular complexity index is 1620. The highest BCUT2D eigenvalue weighted by Gasteiger charge is 2.23. The number of carbonyl (C=O) groups is 1. The Labute approximate surface area is 229 Å². The van der Waals surface area contributed by atoms with Crippen LogP contribution in [0.4, 0.5) is 28.8 Å². The number of nitrogens with zero attached hydrogens (tertiary/aromatic N) is 3. The number of aromatic nitrogens is 3. The fourth-order valence-electron chi connectivity index (χ4n) is 4.26. The first-order chi connectivity index (χ1) is 18.2. The smallest absolute Gasteiger partial charge is 0.256 e. The molecule has 2 aromatic heterocycles. The van der Waals surface area contributed by atoms with E-state index in [1.54, 1.807) is 24.3 Å². The van der Waals surface area contributed by atoms with E-state index in [9.17, 15) is 13.2 Å². The van der Waals surface area contributed by atoms with Crippen LogP contribution in [-0.2, 0) is 10.0 Å². The standard InChI is InChI=1S/C25H26ClN7O3S2/c1-15-22(24(34)33-9-11-37-12-10-33)17-8-7-16(13-21(17)28-15)29-25-27-14-18(26)23(31-25)30-19-5-3-4-6-20(19)32-38(2,35)36/h3-8,13-14,28,32H,9-12H2,1-2H3,(H2,27,29,30,31). The highest BCUT2D eigenvalue weighted by atomic mass is 35.5. The van der Waals surface area contributed by atoms with Gasteiger partial charge in [0.25, 0.3) is 5.91 Å². The Balaban J connectivity index is 1.38. The van der Waals surface area contributed by atoms with Gasteiger partial charge in [0.05, 0.1) is 29.4 Å². The zero-order valence-corrected chi connectivity index (χ0v) is 23.1. The summed E-state index contributed by atoms with van der Waals surface area (Å²) in [7, 11) is -3.48. The highest BCUT2D eigenvalue weighted by Crippen LogP contribution is 2.31. The van der Waals surface area contributed by atoms with E-state index in [1.807, 2.05) is 41.8 Å². The van der Waals surface area contributed by atoms with Crippen LogP contribution in [0.1, 0.15) is 16.1 Å². The number of hydrogen-bond donors (Lipinski definition) is 4. The van der Waals surface area contributed by atoms with Crippen molar-refractivity contribution in [3.05, 3.63) is 64.9 Å². The van der Waals surface area contributed by atoms with Crippen molar-refractivity contribution in [3.8, 4) is 0 Å². The first-order valence-corrected chi connectivity index (χ1v) is 15.2. The number of thioether (sulfide) groups is 1. The molecule has 0 unspecified atom stereocenters. The SMILES string of the molecule is Cc1[nH]c2cc(Nc3ncc(Cl)c(Nc4ccccc4NS(C)(=O)=O)n3)ccc2c1C(=O)N1CCSCC1. The molecule has 13 heteroatoms. The summed E-state index contributed by atoms with van der Waals surface area (Å²) in [5, 5.41) is 7.38. The molecule has 4 aromatic rings. The number of hydrogen-bond acceptors (Lipinski definition) is 8. The van der Waals surface area contributed by atoms with Crippen molar-refractivity contribution in [2.24, 2.45) is 0 Å². The third-order valence-electron chi connectivity index (χ3n) is 5.97. The van der Waals surface area contributed by atoms with Crippen LogP contribution < -0.4 is 15.4 Å². The second-order valence-electron chi connectivity index (χ2n) is 8.85. The monoisotopic (exact) mass is 571 g/mol. The number of aromatic amines is 1. The number of fused-ring (bicyclic) bond motifs is 1. The maximum absolute atomic E-state index is 13.2. The van der Waals surface area contributed by atoms with E-state index >= 15 is 0 Å². The van der Waals surface area contributed by atoms with Gasteiger partial charge < -0.3 is 20.5 Å². The number of amides is 1. The molecule has 0 atom stereocenters. The average molecular weight is 572 g/mol. The Morgan fingerprint density at radius 1 is 1.11 bits per heavy atom. The number of nitrogens with one attached hydrogen (secondary N) is 4. The number of carbonyl (C=O) groups excluding carboxylic acids is 1. The number of aryl methyl sites for hydroxylation is 1. The molecule has 5 rings (SSSR count). The maximum atomic E-state index is 13.2. The van der Waals surface area contributed by atoms with Gasteiger partial charge in [-0.05, 0) is 37.3 Å². The van der Waals surface area contributed by atoms with E-state index in [4.69, 9.17) is 11.6 Å². The molecule has 38 heavy (non-hydrogen) atoms. The van der Waals surface area contributed by atoms with Crippen molar-refractivity contribution in [2.75, 3.05) is 46.2 Å². The number of H-pyrrole nitrogens is 1. The Kier molecular flexibility index (Phi) is 7.37. The molecule has 1 fully saturated rings. The summed E-state index contributed by atoms with van der Waals surface area (Å²) in [5.74, 6) is 2.56. The molecule has 1 amide bonds. The van der Waals surface area contributed by atoms with Gasteiger partial charge in [0.15, 0.2) is 5.82 Å². The maximum Gasteiger partial charge on any atom is 0.256 e. The largest absolute Gasteiger partial charge is 0.358 e. The molecule has 1 aliphatic heterocycles. The van der Waals surface area contributed by atoms with Crippen molar-refractivity contribution in [1.29, 1.82) is 0 Å². The topological polar surface area (TPSA) is 132 Å². The number of anilines is 5. The van der Waals surface area contributed by atoms with Crippen molar-refractivity contribution in [3.63, 3.8) is 0 Å². The van der Waals surface area contributed by atoms with Gasteiger partial charge in [0.1, 0.15) is 5.02 Å². The van der Waals surface area contributed by atoms with Crippen LogP contribution in [0.15, 0.2) is 48.7 Å². The molecule has 0 spiro atoms. The van der Waals surface area contributed by atoms with E-state index in [2.05, 4.69) is 30.3 Å². The first-order valence-electron chi connectivity index (χ1n) is 11.8. The van der Waals surface area contributed by atoms with E-state index in [0.717, 1.165) is 53.1 Å². The Morgan fingerprint density at radius 2 is 1.84 bits per heavy atom. The van der Waals surface area contributed by atoms with Crippen LogP contribution in [0.2, 0.25) is 5.02 Å². The van der Waals surface area contributed by atoms with Crippen LogP contribution in [0.3, 0.4) is 0 Å². The molecule has 0 bridgehead atoms. The van der Waals surface area contributed by atoms with Gasteiger partial charge in [-0.25, -0.2) is 13.4 Å². The lowest BCUT2D eigenvalue weighted by Gasteiger charge is -2.26. The van der Waals surface area contributed by atoms with Crippen LogP contribution in [0, 0.1) is 6.92 Å². The van der Waals surface area contributed by atoms with Crippen molar-refractivity contribution in [1.82, 2.24) is 19.9 Å². The van der Waals surface area contributed by atoms with Gasteiger partial charge in [0, 0.05) is 46.9 Å². The van der Waals surface area contributed by atoms with Gasteiger partial charge in [-0.2, -0.15) is 16.7 Å². The zero-order chi connectivity index (χ0) is 26.9. The summed E-state index contributed by atoms with van der Waals surface area (Å²) in [4.78, 5) is 27.2. The van der Waals surface area contributed by atoms with E-state index in [-0.39, 0.29) is 16.9 Å². The molecule has 0 radical (unpaired) electrons. The van der Waals surface area contributed by atoms with Gasteiger partial charge in [-0.15, -0.1) is 0 Å². The highest BCUT2D eigenvalue weighted by molar-refractivity contribution is 7.99. The third-order valence-corrected chi connectivity index (χ3v) is 7.78. The normalized spacial score (nSPS) is 13.9. The fraction of sp³-hybridized carbons (Fsp3) is 0.240. The molecular weight excluding hydrogens is 546 g/mol. The van der Waals surface area contributed by atoms with Crippen LogP contribution >= 0.6 is 23.4 Å². The number of benzene rings is 2. The minimum absolute atomic E-state index is 0.0529. The number of halogens is 1. The molecule has 3 heterocycles. The van der Waals surface area contributed by atoms with E-state index in [0.29, 0.717) is 22.8 Å². The summed E-state index contributed by atoms with van der Waals surface area (Å²) in [6, 6.07) is 12.5. The van der Waals surface area contributed by atoms with Gasteiger partial charge in [-0.3, -0.25) is 9.52 Å². The lowest BCUT2D eigenvalue weighted by atomic mass is 10.1. The van der Waals surface area contributed by atoms with Gasteiger partial charge in [-0.1, -0.05) is 23.7 Å². The lowest BCUT2D eigenvalue weighted by molar-refractivity contribution is 0.0773. The van der Waals surface area contributed by atoms with E-state index < -0.39 is 10.0 Å². The Hall–Kier alpha value is -3.48. The minimum atomic E-state index is -3.48. The van der Waals surface area contributed by atoms with Crippen LogP contribution in [-0.4, -0.2) is 65.0 Å². The van der Waals surface area contributed by atoms with Crippen LogP contribution in [0.5, 0.6) is 0 Å². The molecule has 1 aliphatic rings. The Morgan fingerprint density at radius 3 is 2.58 bits per heavy atom. The van der Waals surface area contributed by atoms with Gasteiger partial charge in [0.2, 0.25) is 16.0 Å². The van der Waals surface area contributed by atoms with Crippen LogP contribution in [0.25, 0.3) is 10.9 Å². The predicted molar refractivity (Wildman–Crippen MR) is 155 cm³/mol. The quantitative estimate of drug-likeness (QED) is 0.244. The fourth-order valence-corrected chi connectivity index (χ4v) is 5.88. The number of sulfonamides is 1. The molecule has 198 valence electrons. The second kappa shape index (κ2) is 10.7. The van der Waals surface area contributed by atoms with Gasteiger partial charge >= 0.3 is 0 Å². The minimum Gasteiger partial charge on any atom is -0.358 e. The summed E-state index contributed by atoms with van der Waals surface area (Å²) in [6.07, 6.45) is 2.54. The van der Waals surface area contributed by atoms with E-state index in [1.165, 1.54) is 6.20 Å². The third kappa shape index (κ3) is 5.82. The van der Waals surface area contributed by atoms with Crippen molar-refractivity contribution in [2.45, 2.75) is 6.92 Å². The molecule has 1 saturated heterocycles. The summed E-state index contributed by atoms with van der Waals surface area (Å²) in [5.41, 5.74) is 3.93. The molecule has 0 aliphatic carbocycles. The summed E-state index contributed by atoms with van der Waals surface area (Å²) in [6.45, 7) is 3.43. The first kappa shape index (κ1) is 26.1. The van der Waals surface area contributed by atoms with Crippen molar-refractivity contribution < 1.29 is 13.2 Å². The predicted octanol–water partition coefficient (Wildman–Crippen LogP) is 4.97. The second-order valence-corrected chi connectivity index (χ2v) is 12.2. The number of para-hydroxylation sites is 2. The zero-order valence-electron chi connectivity index (χ0n) is 20.7. The molecule has 10 nitrogen and oxygen atoms in total. The number of rotatable bonds is 7. The lowest BCUT2D eigenvalue weighted by Crippen LogP contribution is -2.38. The average Bonchev–Trinajstić information content (AvgIpc) is 3.21. The molecule has 2 aromatic carbocycles. The molecular formula is C25H26ClN7O3S2. The summed E-state index contributed by atoms with van der Waals surface area (Å²) < 4.78 is 25.9. The summed E-state index contributed by atoms with van der Waals surface area (Å²) >= 11 is 8.20.